The minimum absolute atomic E-state index is 0.0256. The number of rotatable bonds is 3. The number of nitrogens with zero attached hydrogens (tertiary/aromatic N) is 2. The molecule has 1 aliphatic heterocycles. The van der Waals surface area contributed by atoms with Crippen LogP contribution in [0.3, 0.4) is 0 Å². The fourth-order valence-corrected chi connectivity index (χ4v) is 5.11. The molecule has 6 nitrogen and oxygen atoms in total. The highest BCUT2D eigenvalue weighted by atomic mass is 32.1. The number of para-hydroxylation sites is 2. The van der Waals surface area contributed by atoms with Crippen LogP contribution in [-0.4, -0.2) is 27.0 Å². The van der Waals surface area contributed by atoms with E-state index >= 15 is 0 Å². The molecular formula is C21H20N4O2S. The fraction of sp³-hybridized carbons (Fsp3) is 0.286. The van der Waals surface area contributed by atoms with Crippen molar-refractivity contribution in [2.75, 3.05) is 13.1 Å². The number of H-pyrrole nitrogens is 1. The maximum absolute atomic E-state index is 12.9. The second kappa shape index (κ2) is 7.00. The molecule has 0 radical (unpaired) electrons. The van der Waals surface area contributed by atoms with E-state index in [0.717, 1.165) is 48.3 Å². The van der Waals surface area contributed by atoms with E-state index < -0.39 is 0 Å². The molecule has 28 heavy (non-hydrogen) atoms. The zero-order chi connectivity index (χ0) is 19.1. The molecule has 1 saturated heterocycles. The number of fused-ring (bicyclic) bond motifs is 2. The van der Waals surface area contributed by atoms with Crippen molar-refractivity contribution in [2.45, 2.75) is 19.4 Å². The summed E-state index contributed by atoms with van der Waals surface area (Å²) in [7, 11) is 0. The Balaban J connectivity index is 1.64. The van der Waals surface area contributed by atoms with Gasteiger partial charge in [-0.05, 0) is 50.0 Å². The van der Waals surface area contributed by atoms with Gasteiger partial charge in [0.15, 0.2) is 0 Å². The van der Waals surface area contributed by atoms with Gasteiger partial charge in [-0.2, -0.15) is 0 Å². The number of hydrogen-bond donors (Lipinski definition) is 2. The van der Waals surface area contributed by atoms with E-state index in [4.69, 9.17) is 0 Å². The van der Waals surface area contributed by atoms with E-state index in [-0.39, 0.29) is 11.1 Å². The highest BCUT2D eigenvalue weighted by molar-refractivity contribution is 7.14. The van der Waals surface area contributed by atoms with Crippen LogP contribution in [0.15, 0.2) is 52.1 Å². The van der Waals surface area contributed by atoms with E-state index in [1.54, 1.807) is 0 Å². The van der Waals surface area contributed by atoms with E-state index in [1.165, 1.54) is 11.5 Å². The van der Waals surface area contributed by atoms with Crippen molar-refractivity contribution in [3.05, 3.63) is 63.2 Å². The lowest BCUT2D eigenvalue weighted by molar-refractivity contribution is 0.339. The molecule has 2 aromatic heterocycles. The molecule has 1 aliphatic rings. The Morgan fingerprint density at radius 3 is 2.75 bits per heavy atom. The lowest BCUT2D eigenvalue weighted by Crippen LogP contribution is -2.31. The van der Waals surface area contributed by atoms with Crippen LogP contribution in [0.1, 0.15) is 12.8 Å². The fourth-order valence-electron chi connectivity index (χ4n) is 3.91. The standard InChI is InChI=1S/C21H20N4O2S/c26-20-18(23-16-6-1-2-7-17(16)24-20)14-4-3-5-15-19(14)28-25(21(15)27)12-13-8-10-22-11-9-13/h1-7,13,22H,8-12H2,(H,24,26). The van der Waals surface area contributed by atoms with Crippen molar-refractivity contribution in [3.8, 4) is 11.3 Å². The first-order valence-electron chi connectivity index (χ1n) is 9.54. The predicted octanol–water partition coefficient (Wildman–Crippen LogP) is 2.97. The summed E-state index contributed by atoms with van der Waals surface area (Å²) in [6.45, 7) is 2.75. The summed E-state index contributed by atoms with van der Waals surface area (Å²) in [5.74, 6) is 0.512. The molecule has 2 aromatic carbocycles. The molecule has 2 N–H and O–H groups in total. The van der Waals surface area contributed by atoms with Gasteiger partial charge in [0.1, 0.15) is 5.69 Å². The van der Waals surface area contributed by atoms with Gasteiger partial charge in [-0.1, -0.05) is 35.8 Å². The summed E-state index contributed by atoms with van der Waals surface area (Å²) >= 11 is 1.44. The number of benzene rings is 2. The lowest BCUT2D eigenvalue weighted by Gasteiger charge is -2.22. The molecule has 0 amide bonds. The number of piperidine rings is 1. The molecule has 0 saturated carbocycles. The smallest absolute Gasteiger partial charge is 0.275 e. The summed E-state index contributed by atoms with van der Waals surface area (Å²) in [6.07, 6.45) is 2.17. The monoisotopic (exact) mass is 392 g/mol. The van der Waals surface area contributed by atoms with Gasteiger partial charge in [-0.15, -0.1) is 0 Å². The minimum Gasteiger partial charge on any atom is -0.319 e. The molecule has 142 valence electrons. The van der Waals surface area contributed by atoms with Crippen molar-refractivity contribution >= 4 is 32.7 Å². The zero-order valence-corrected chi connectivity index (χ0v) is 16.1. The van der Waals surface area contributed by atoms with Gasteiger partial charge < -0.3 is 10.3 Å². The van der Waals surface area contributed by atoms with E-state index in [0.29, 0.717) is 22.5 Å². The zero-order valence-electron chi connectivity index (χ0n) is 15.3. The molecule has 0 bridgehead atoms. The summed E-state index contributed by atoms with van der Waals surface area (Å²) in [6, 6.07) is 13.0. The Morgan fingerprint density at radius 2 is 1.89 bits per heavy atom. The number of hydrogen-bond acceptors (Lipinski definition) is 5. The van der Waals surface area contributed by atoms with E-state index in [1.807, 2.05) is 46.4 Å². The van der Waals surface area contributed by atoms with Crippen molar-refractivity contribution in [3.63, 3.8) is 0 Å². The van der Waals surface area contributed by atoms with Crippen LogP contribution in [-0.2, 0) is 6.54 Å². The first-order chi connectivity index (χ1) is 13.7. The molecular weight excluding hydrogens is 372 g/mol. The van der Waals surface area contributed by atoms with Gasteiger partial charge in [-0.3, -0.25) is 13.5 Å². The van der Waals surface area contributed by atoms with Crippen LogP contribution in [0.2, 0.25) is 0 Å². The Morgan fingerprint density at radius 1 is 1.07 bits per heavy atom. The van der Waals surface area contributed by atoms with Crippen LogP contribution < -0.4 is 16.4 Å². The van der Waals surface area contributed by atoms with Gasteiger partial charge in [0.05, 0.1) is 21.1 Å². The van der Waals surface area contributed by atoms with Crippen molar-refractivity contribution in [2.24, 2.45) is 5.92 Å². The first kappa shape index (κ1) is 17.3. The van der Waals surface area contributed by atoms with Crippen LogP contribution >= 0.6 is 11.5 Å². The third-order valence-electron chi connectivity index (χ3n) is 5.41. The predicted molar refractivity (Wildman–Crippen MR) is 113 cm³/mol. The summed E-state index contributed by atoms with van der Waals surface area (Å²) in [5.41, 5.74) is 2.31. The largest absolute Gasteiger partial charge is 0.319 e. The summed E-state index contributed by atoms with van der Waals surface area (Å²) < 4.78 is 2.68. The normalized spacial score (nSPS) is 15.4. The minimum atomic E-state index is -0.239. The van der Waals surface area contributed by atoms with Crippen LogP contribution in [0.5, 0.6) is 0 Å². The molecule has 0 unspecified atom stereocenters. The molecule has 7 heteroatoms. The van der Waals surface area contributed by atoms with Gasteiger partial charge in [0.2, 0.25) is 0 Å². The number of nitrogens with one attached hydrogen (secondary N) is 2. The van der Waals surface area contributed by atoms with Crippen LogP contribution in [0.25, 0.3) is 32.4 Å². The average Bonchev–Trinajstić information content (AvgIpc) is 3.04. The van der Waals surface area contributed by atoms with Crippen LogP contribution in [0.4, 0.5) is 0 Å². The molecule has 5 rings (SSSR count). The molecule has 1 fully saturated rings. The summed E-state index contributed by atoms with van der Waals surface area (Å²) in [4.78, 5) is 33.1. The Hall–Kier alpha value is -2.77. The van der Waals surface area contributed by atoms with Crippen molar-refractivity contribution < 1.29 is 0 Å². The quantitative estimate of drug-likeness (QED) is 0.562. The highest BCUT2D eigenvalue weighted by Gasteiger charge is 2.19. The molecule has 3 heterocycles. The molecule has 0 spiro atoms. The third-order valence-corrected chi connectivity index (χ3v) is 6.57. The van der Waals surface area contributed by atoms with Gasteiger partial charge in [0, 0.05) is 12.1 Å². The average molecular weight is 392 g/mol. The van der Waals surface area contributed by atoms with Gasteiger partial charge in [-0.25, -0.2) is 4.98 Å². The number of aromatic nitrogens is 3. The Bertz CT molecular complexity index is 1280. The Labute approximate surface area is 165 Å². The van der Waals surface area contributed by atoms with Crippen molar-refractivity contribution in [1.82, 2.24) is 19.2 Å². The third kappa shape index (κ3) is 2.96. The highest BCUT2D eigenvalue weighted by Crippen LogP contribution is 2.29. The first-order valence-corrected chi connectivity index (χ1v) is 10.3. The van der Waals surface area contributed by atoms with E-state index in [2.05, 4.69) is 15.3 Å². The molecule has 4 aromatic rings. The van der Waals surface area contributed by atoms with Crippen LogP contribution in [0, 0.1) is 5.92 Å². The maximum atomic E-state index is 12.9. The summed E-state index contributed by atoms with van der Waals surface area (Å²) in [5, 5.41) is 4.02. The van der Waals surface area contributed by atoms with E-state index in [9.17, 15) is 9.59 Å². The molecule has 0 atom stereocenters. The number of aromatic amines is 1. The second-order valence-corrected chi connectivity index (χ2v) is 8.30. The topological polar surface area (TPSA) is 79.8 Å². The lowest BCUT2D eigenvalue weighted by atomic mass is 9.98. The Kier molecular flexibility index (Phi) is 4.33. The SMILES string of the molecule is O=c1[nH]c2ccccc2nc1-c1cccc2c(=O)n(CC3CCNCC3)sc12. The maximum Gasteiger partial charge on any atom is 0.275 e. The molecule has 0 aliphatic carbocycles. The van der Waals surface area contributed by atoms with Crippen molar-refractivity contribution in [1.29, 1.82) is 0 Å². The van der Waals surface area contributed by atoms with Gasteiger partial charge >= 0.3 is 0 Å². The second-order valence-electron chi connectivity index (χ2n) is 7.26. The van der Waals surface area contributed by atoms with Gasteiger partial charge in [0.25, 0.3) is 11.1 Å².